The Bertz CT molecular complexity index is 401. The maximum Gasteiger partial charge on any atom is 0.119 e. The van der Waals surface area contributed by atoms with Crippen LogP contribution in [0, 0.1) is 0 Å². The summed E-state index contributed by atoms with van der Waals surface area (Å²) in [5.41, 5.74) is 2.91. The molecule has 0 radical (unpaired) electrons. The summed E-state index contributed by atoms with van der Waals surface area (Å²) < 4.78 is 5.30. The quantitative estimate of drug-likeness (QED) is 0.856. The molecule has 17 heavy (non-hydrogen) atoms. The highest BCUT2D eigenvalue weighted by molar-refractivity contribution is 5.39. The third-order valence-electron chi connectivity index (χ3n) is 3.90. The molecule has 3 heteroatoms. The van der Waals surface area contributed by atoms with Crippen LogP contribution in [0.5, 0.6) is 5.75 Å². The van der Waals surface area contributed by atoms with Gasteiger partial charge in [0.2, 0.25) is 0 Å². The van der Waals surface area contributed by atoms with Crippen LogP contribution >= 0.6 is 0 Å². The van der Waals surface area contributed by atoms with Gasteiger partial charge >= 0.3 is 0 Å². The molecular formula is C14H20N2O. The van der Waals surface area contributed by atoms with Crippen LogP contribution in [0.25, 0.3) is 0 Å². The van der Waals surface area contributed by atoms with Gasteiger partial charge in [-0.1, -0.05) is 6.07 Å². The summed E-state index contributed by atoms with van der Waals surface area (Å²) in [6.45, 7) is 4.77. The van der Waals surface area contributed by atoms with E-state index in [-0.39, 0.29) is 0 Å². The van der Waals surface area contributed by atoms with E-state index in [4.69, 9.17) is 4.74 Å². The van der Waals surface area contributed by atoms with Gasteiger partial charge in [0, 0.05) is 12.6 Å². The molecule has 92 valence electrons. The molecule has 0 aromatic heterocycles. The fraction of sp³-hybridized carbons (Fsp3) is 0.571. The van der Waals surface area contributed by atoms with Crippen molar-refractivity contribution in [2.45, 2.75) is 18.9 Å². The van der Waals surface area contributed by atoms with Crippen LogP contribution in [0.2, 0.25) is 0 Å². The summed E-state index contributed by atoms with van der Waals surface area (Å²) in [6, 6.07) is 7.00. The molecule has 1 unspecified atom stereocenters. The minimum atomic E-state index is 0.505. The molecule has 1 atom stereocenters. The zero-order chi connectivity index (χ0) is 11.7. The second-order valence-corrected chi connectivity index (χ2v) is 4.98. The van der Waals surface area contributed by atoms with E-state index in [9.17, 15) is 0 Å². The van der Waals surface area contributed by atoms with Gasteiger partial charge in [0.05, 0.1) is 7.11 Å². The SMILES string of the molecule is COc1ccc2c(c1)CCNC2CN1CCC1. The Morgan fingerprint density at radius 2 is 2.29 bits per heavy atom. The Morgan fingerprint density at radius 1 is 1.41 bits per heavy atom. The Balaban J connectivity index is 1.80. The first-order chi connectivity index (χ1) is 8.36. The minimum absolute atomic E-state index is 0.505. The molecule has 1 N–H and O–H groups in total. The lowest BCUT2D eigenvalue weighted by molar-refractivity contribution is 0.159. The number of fused-ring (bicyclic) bond motifs is 1. The van der Waals surface area contributed by atoms with Gasteiger partial charge < -0.3 is 15.0 Å². The summed E-state index contributed by atoms with van der Waals surface area (Å²) >= 11 is 0. The smallest absolute Gasteiger partial charge is 0.119 e. The highest BCUT2D eigenvalue weighted by atomic mass is 16.5. The summed E-state index contributed by atoms with van der Waals surface area (Å²) in [7, 11) is 1.74. The zero-order valence-corrected chi connectivity index (χ0v) is 10.4. The zero-order valence-electron chi connectivity index (χ0n) is 10.4. The van der Waals surface area contributed by atoms with Crippen molar-refractivity contribution in [1.29, 1.82) is 0 Å². The van der Waals surface area contributed by atoms with Gasteiger partial charge in [-0.2, -0.15) is 0 Å². The maximum absolute atomic E-state index is 5.30. The third kappa shape index (κ3) is 2.17. The number of ether oxygens (including phenoxy) is 1. The number of hydrogen-bond donors (Lipinski definition) is 1. The van der Waals surface area contributed by atoms with Crippen molar-refractivity contribution in [2.24, 2.45) is 0 Å². The van der Waals surface area contributed by atoms with E-state index in [1.807, 2.05) is 0 Å². The number of rotatable bonds is 3. The largest absolute Gasteiger partial charge is 0.497 e. The maximum atomic E-state index is 5.30. The molecule has 1 aromatic rings. The molecule has 0 amide bonds. The minimum Gasteiger partial charge on any atom is -0.497 e. The lowest BCUT2D eigenvalue weighted by Crippen LogP contribution is -2.44. The molecule has 0 saturated carbocycles. The van der Waals surface area contributed by atoms with Gasteiger partial charge in [0.1, 0.15) is 5.75 Å². The highest BCUT2D eigenvalue weighted by Gasteiger charge is 2.24. The highest BCUT2D eigenvalue weighted by Crippen LogP contribution is 2.28. The Hall–Kier alpha value is -1.06. The monoisotopic (exact) mass is 232 g/mol. The van der Waals surface area contributed by atoms with Gasteiger partial charge in [-0.3, -0.25) is 0 Å². The van der Waals surface area contributed by atoms with Crippen molar-refractivity contribution in [3.8, 4) is 5.75 Å². The van der Waals surface area contributed by atoms with E-state index in [0.29, 0.717) is 6.04 Å². The molecule has 1 saturated heterocycles. The van der Waals surface area contributed by atoms with Crippen LogP contribution in [-0.4, -0.2) is 38.2 Å². The molecule has 0 spiro atoms. The molecule has 2 heterocycles. The summed E-state index contributed by atoms with van der Waals surface area (Å²) in [5.74, 6) is 0.980. The van der Waals surface area contributed by atoms with Crippen molar-refractivity contribution in [1.82, 2.24) is 10.2 Å². The van der Waals surface area contributed by atoms with Gasteiger partial charge in [0.25, 0.3) is 0 Å². The van der Waals surface area contributed by atoms with Crippen molar-refractivity contribution < 1.29 is 4.74 Å². The van der Waals surface area contributed by atoms with Crippen molar-refractivity contribution in [3.05, 3.63) is 29.3 Å². The molecule has 2 aliphatic rings. The van der Waals surface area contributed by atoms with Crippen LogP contribution in [0.3, 0.4) is 0 Å². The van der Waals surface area contributed by atoms with E-state index in [0.717, 1.165) is 25.3 Å². The number of hydrogen-bond acceptors (Lipinski definition) is 3. The molecular weight excluding hydrogens is 212 g/mol. The van der Waals surface area contributed by atoms with E-state index in [2.05, 4.69) is 28.4 Å². The second-order valence-electron chi connectivity index (χ2n) is 4.98. The molecule has 1 aromatic carbocycles. The summed E-state index contributed by atoms with van der Waals surface area (Å²) in [4.78, 5) is 2.52. The first-order valence-electron chi connectivity index (χ1n) is 6.49. The fourth-order valence-corrected chi connectivity index (χ4v) is 2.74. The van der Waals surface area contributed by atoms with E-state index in [1.54, 1.807) is 7.11 Å². The topological polar surface area (TPSA) is 24.5 Å². The molecule has 3 rings (SSSR count). The van der Waals surface area contributed by atoms with Gasteiger partial charge in [0.15, 0.2) is 0 Å². The van der Waals surface area contributed by atoms with E-state index < -0.39 is 0 Å². The first kappa shape index (κ1) is 11.1. The van der Waals surface area contributed by atoms with Crippen LogP contribution < -0.4 is 10.1 Å². The lowest BCUT2D eigenvalue weighted by Gasteiger charge is -2.36. The average Bonchev–Trinajstić information content (AvgIpc) is 2.33. The first-order valence-corrected chi connectivity index (χ1v) is 6.49. The predicted molar refractivity (Wildman–Crippen MR) is 68.5 cm³/mol. The van der Waals surface area contributed by atoms with Crippen LogP contribution in [0.1, 0.15) is 23.6 Å². The summed E-state index contributed by atoms with van der Waals surface area (Å²) in [6.07, 6.45) is 2.48. The number of nitrogens with one attached hydrogen (secondary N) is 1. The van der Waals surface area contributed by atoms with Gasteiger partial charge in [-0.05, 0) is 55.7 Å². The Kier molecular flexibility index (Phi) is 3.04. The van der Waals surface area contributed by atoms with E-state index >= 15 is 0 Å². The third-order valence-corrected chi connectivity index (χ3v) is 3.90. The van der Waals surface area contributed by atoms with Gasteiger partial charge in [-0.25, -0.2) is 0 Å². The molecule has 0 bridgehead atoms. The van der Waals surface area contributed by atoms with Crippen LogP contribution in [0.4, 0.5) is 0 Å². The molecule has 1 fully saturated rings. The number of methoxy groups -OCH3 is 1. The standard InChI is InChI=1S/C14H20N2O/c1-17-12-3-4-13-11(9-12)5-6-15-14(13)10-16-7-2-8-16/h3-4,9,14-15H,2,5-8,10H2,1H3. The molecule has 3 nitrogen and oxygen atoms in total. The van der Waals surface area contributed by atoms with E-state index in [1.165, 1.54) is 30.6 Å². The van der Waals surface area contributed by atoms with Crippen molar-refractivity contribution in [3.63, 3.8) is 0 Å². The Morgan fingerprint density at radius 3 is 3.00 bits per heavy atom. The van der Waals surface area contributed by atoms with Crippen molar-refractivity contribution >= 4 is 0 Å². The van der Waals surface area contributed by atoms with Crippen LogP contribution in [0.15, 0.2) is 18.2 Å². The number of likely N-dealkylation sites (tertiary alicyclic amines) is 1. The second kappa shape index (κ2) is 4.67. The van der Waals surface area contributed by atoms with Crippen LogP contribution in [-0.2, 0) is 6.42 Å². The van der Waals surface area contributed by atoms with Gasteiger partial charge in [-0.15, -0.1) is 0 Å². The predicted octanol–water partition coefficient (Wildman–Crippen LogP) is 1.59. The molecule has 0 aliphatic carbocycles. The number of nitrogens with zero attached hydrogens (tertiary/aromatic N) is 1. The Labute approximate surface area is 103 Å². The van der Waals surface area contributed by atoms with Crippen molar-refractivity contribution in [2.75, 3.05) is 33.3 Å². The summed E-state index contributed by atoms with van der Waals surface area (Å²) in [5, 5.41) is 3.63. The lowest BCUT2D eigenvalue weighted by atomic mass is 9.93. The normalized spacial score (nSPS) is 23.9. The fourth-order valence-electron chi connectivity index (χ4n) is 2.74. The average molecular weight is 232 g/mol. The molecule has 2 aliphatic heterocycles. The number of benzene rings is 1.